The van der Waals surface area contributed by atoms with E-state index >= 15 is 0 Å². The Morgan fingerprint density at radius 1 is 1.10 bits per heavy atom. The van der Waals surface area contributed by atoms with E-state index in [9.17, 15) is 0 Å². The molecule has 0 aliphatic carbocycles. The lowest BCUT2D eigenvalue weighted by Crippen LogP contribution is -2.43. The van der Waals surface area contributed by atoms with E-state index in [0.29, 0.717) is 12.1 Å². The Morgan fingerprint density at radius 2 is 1.67 bits per heavy atom. The van der Waals surface area contributed by atoms with E-state index in [2.05, 4.69) is 75.6 Å². The third-order valence-electron chi connectivity index (χ3n) is 4.51. The minimum Gasteiger partial charge on any atom is -0.309 e. The van der Waals surface area contributed by atoms with Gasteiger partial charge < -0.3 is 10.2 Å². The Morgan fingerprint density at radius 3 is 2.10 bits per heavy atom. The molecule has 21 heavy (non-hydrogen) atoms. The van der Waals surface area contributed by atoms with Gasteiger partial charge in [0.05, 0.1) is 0 Å². The molecule has 2 nitrogen and oxygen atoms in total. The van der Waals surface area contributed by atoms with Crippen LogP contribution in [0, 0.1) is 5.92 Å². The lowest BCUT2D eigenvalue weighted by Gasteiger charge is -2.32. The highest BCUT2D eigenvalue weighted by Crippen LogP contribution is 2.20. The molecule has 0 aromatic heterocycles. The molecule has 1 aromatic rings. The quantitative estimate of drug-likeness (QED) is 0.680. The van der Waals surface area contributed by atoms with Gasteiger partial charge in [-0.1, -0.05) is 38.8 Å². The molecule has 0 radical (unpaired) electrons. The Kier molecular flexibility index (Phi) is 8.38. The molecule has 2 unspecified atom stereocenters. The summed E-state index contributed by atoms with van der Waals surface area (Å²) in [6.45, 7) is 7.91. The van der Waals surface area contributed by atoms with E-state index in [1.807, 2.05) is 0 Å². The maximum Gasteiger partial charge on any atom is 0.0292 e. The van der Waals surface area contributed by atoms with E-state index in [4.69, 9.17) is 0 Å². The van der Waals surface area contributed by atoms with Crippen LogP contribution in [-0.4, -0.2) is 37.8 Å². The van der Waals surface area contributed by atoms with E-state index in [0.717, 1.165) is 12.5 Å². The van der Waals surface area contributed by atoms with Gasteiger partial charge in [-0.2, -0.15) is 0 Å². The molecule has 120 valence electrons. The fourth-order valence-corrected chi connectivity index (χ4v) is 3.32. The molecule has 0 amide bonds. The molecular formula is C18H32N2S. The average molecular weight is 309 g/mol. The molecule has 0 bridgehead atoms. The highest BCUT2D eigenvalue weighted by Gasteiger charge is 2.21. The number of rotatable bonds is 9. The van der Waals surface area contributed by atoms with Gasteiger partial charge >= 0.3 is 0 Å². The van der Waals surface area contributed by atoms with Crippen molar-refractivity contribution >= 4 is 11.8 Å². The van der Waals surface area contributed by atoms with E-state index in [-0.39, 0.29) is 0 Å². The molecule has 0 fully saturated rings. The number of nitrogens with zero attached hydrogens (tertiary/aromatic N) is 1. The van der Waals surface area contributed by atoms with Crippen LogP contribution in [0.5, 0.6) is 0 Å². The Bertz CT molecular complexity index is 385. The summed E-state index contributed by atoms with van der Waals surface area (Å²) in [7, 11) is 4.39. The van der Waals surface area contributed by atoms with Crippen LogP contribution < -0.4 is 5.32 Å². The van der Waals surface area contributed by atoms with Gasteiger partial charge in [0.15, 0.2) is 0 Å². The Hall–Kier alpha value is -0.510. The summed E-state index contributed by atoms with van der Waals surface area (Å²) in [5.74, 6) is 0.763. The fourth-order valence-electron chi connectivity index (χ4n) is 2.91. The summed E-state index contributed by atoms with van der Waals surface area (Å²) in [4.78, 5) is 3.70. The largest absolute Gasteiger partial charge is 0.309 e. The zero-order valence-electron chi connectivity index (χ0n) is 14.5. The van der Waals surface area contributed by atoms with Crippen LogP contribution in [-0.2, 0) is 0 Å². The van der Waals surface area contributed by atoms with Crippen LogP contribution in [0.25, 0.3) is 0 Å². The van der Waals surface area contributed by atoms with Crippen LogP contribution in [0.3, 0.4) is 0 Å². The average Bonchev–Trinajstić information content (AvgIpc) is 2.50. The van der Waals surface area contributed by atoms with Crippen molar-refractivity contribution in [2.45, 2.75) is 50.6 Å². The van der Waals surface area contributed by atoms with Crippen LogP contribution in [0.1, 0.15) is 45.2 Å². The molecule has 0 saturated carbocycles. The maximum absolute atomic E-state index is 3.72. The first-order chi connectivity index (χ1) is 10.0. The summed E-state index contributed by atoms with van der Waals surface area (Å²) in [6, 6.07) is 9.91. The zero-order chi connectivity index (χ0) is 15.8. The van der Waals surface area contributed by atoms with Gasteiger partial charge in [0.1, 0.15) is 0 Å². The second kappa shape index (κ2) is 9.50. The summed E-state index contributed by atoms with van der Waals surface area (Å²) in [5.41, 5.74) is 1.37. The summed E-state index contributed by atoms with van der Waals surface area (Å²) in [6.07, 6.45) is 4.61. The first-order valence-electron chi connectivity index (χ1n) is 8.07. The first-order valence-corrected chi connectivity index (χ1v) is 9.29. The molecule has 0 heterocycles. The van der Waals surface area contributed by atoms with Gasteiger partial charge in [-0.25, -0.2) is 0 Å². The predicted molar refractivity (Wildman–Crippen MR) is 96.2 cm³/mol. The number of nitrogens with one attached hydrogen (secondary N) is 1. The summed E-state index contributed by atoms with van der Waals surface area (Å²) < 4.78 is 0. The van der Waals surface area contributed by atoms with Gasteiger partial charge in [0.2, 0.25) is 0 Å². The van der Waals surface area contributed by atoms with E-state index < -0.39 is 0 Å². The molecule has 0 aliphatic rings. The lowest BCUT2D eigenvalue weighted by atomic mass is 9.93. The van der Waals surface area contributed by atoms with Crippen LogP contribution in [0.15, 0.2) is 29.2 Å². The normalized spacial score (nSPS) is 14.7. The first kappa shape index (κ1) is 18.5. The molecule has 2 atom stereocenters. The van der Waals surface area contributed by atoms with E-state index in [1.165, 1.54) is 23.3 Å². The van der Waals surface area contributed by atoms with Crippen molar-refractivity contribution in [1.29, 1.82) is 0 Å². The molecular weight excluding hydrogens is 276 g/mol. The minimum atomic E-state index is 0.401. The smallest absolute Gasteiger partial charge is 0.0292 e. The molecule has 0 spiro atoms. The highest BCUT2D eigenvalue weighted by atomic mass is 32.2. The summed E-state index contributed by atoms with van der Waals surface area (Å²) >= 11 is 1.79. The number of thioether (sulfide) groups is 1. The van der Waals surface area contributed by atoms with Crippen LogP contribution >= 0.6 is 11.8 Å². The lowest BCUT2D eigenvalue weighted by molar-refractivity contribution is 0.190. The standard InChI is InChI=1S/C18H32N2S/c1-7-15(8-2)18(20(4)5)13-19-14(3)16-9-11-17(21-6)12-10-16/h9-12,14-15,18-19H,7-8,13H2,1-6H3. The van der Waals surface area contributed by atoms with Crippen LogP contribution in [0.4, 0.5) is 0 Å². The number of hydrogen-bond donors (Lipinski definition) is 1. The van der Waals surface area contributed by atoms with Crippen molar-refractivity contribution in [2.24, 2.45) is 5.92 Å². The number of hydrogen-bond acceptors (Lipinski definition) is 3. The summed E-state index contributed by atoms with van der Waals surface area (Å²) in [5, 5.41) is 3.72. The Balaban J connectivity index is 2.61. The Labute approximate surface area is 135 Å². The monoisotopic (exact) mass is 308 g/mol. The van der Waals surface area contributed by atoms with Gasteiger partial charge in [0.25, 0.3) is 0 Å². The second-order valence-corrected chi connectivity index (χ2v) is 6.89. The minimum absolute atomic E-state index is 0.401. The molecule has 1 aromatic carbocycles. The maximum atomic E-state index is 3.72. The SMILES string of the molecule is CCC(CC)C(CNC(C)c1ccc(SC)cc1)N(C)C. The molecule has 0 aliphatic heterocycles. The van der Waals surface area contributed by atoms with Crippen molar-refractivity contribution in [1.82, 2.24) is 10.2 Å². The number of benzene rings is 1. The second-order valence-electron chi connectivity index (χ2n) is 6.01. The van der Waals surface area contributed by atoms with Gasteiger partial charge in [-0.15, -0.1) is 11.8 Å². The van der Waals surface area contributed by atoms with E-state index in [1.54, 1.807) is 11.8 Å². The highest BCUT2D eigenvalue weighted by molar-refractivity contribution is 7.98. The molecule has 1 N–H and O–H groups in total. The fraction of sp³-hybridized carbons (Fsp3) is 0.667. The van der Waals surface area contributed by atoms with Gasteiger partial charge in [-0.3, -0.25) is 0 Å². The van der Waals surface area contributed by atoms with Crippen molar-refractivity contribution in [2.75, 3.05) is 26.9 Å². The van der Waals surface area contributed by atoms with Gasteiger partial charge in [-0.05, 0) is 50.9 Å². The topological polar surface area (TPSA) is 15.3 Å². The third-order valence-corrected chi connectivity index (χ3v) is 5.25. The van der Waals surface area contributed by atoms with Crippen molar-refractivity contribution in [3.05, 3.63) is 29.8 Å². The molecule has 3 heteroatoms. The zero-order valence-corrected chi connectivity index (χ0v) is 15.3. The third kappa shape index (κ3) is 5.65. The number of likely N-dealkylation sites (N-methyl/N-ethyl adjacent to an activating group) is 1. The van der Waals surface area contributed by atoms with Crippen LogP contribution in [0.2, 0.25) is 0 Å². The van der Waals surface area contributed by atoms with Crippen molar-refractivity contribution in [3.8, 4) is 0 Å². The molecule has 0 saturated heterocycles. The molecule has 1 rings (SSSR count). The van der Waals surface area contributed by atoms with Crippen molar-refractivity contribution < 1.29 is 0 Å². The predicted octanol–water partition coefficient (Wildman–Crippen LogP) is 4.43. The van der Waals surface area contributed by atoms with Gasteiger partial charge in [0, 0.05) is 23.5 Å². The van der Waals surface area contributed by atoms with Crippen molar-refractivity contribution in [3.63, 3.8) is 0 Å².